The molecule has 0 atom stereocenters. The van der Waals surface area contributed by atoms with E-state index in [9.17, 15) is 4.79 Å². The number of aromatic nitrogens is 3. The van der Waals surface area contributed by atoms with E-state index < -0.39 is 0 Å². The van der Waals surface area contributed by atoms with Crippen LogP contribution < -0.4 is 5.56 Å². The molecular weight excluding hydrogens is 332 g/mol. The highest BCUT2D eigenvalue weighted by atomic mass is 16.3. The highest BCUT2D eigenvalue weighted by Crippen LogP contribution is 2.21. The minimum Gasteiger partial charge on any atom is -0.461 e. The van der Waals surface area contributed by atoms with E-state index >= 15 is 0 Å². The summed E-state index contributed by atoms with van der Waals surface area (Å²) in [5.74, 6) is 1.70. The maximum atomic E-state index is 12.5. The van der Waals surface area contributed by atoms with Crippen molar-refractivity contribution in [2.45, 2.75) is 19.5 Å². The van der Waals surface area contributed by atoms with E-state index in [4.69, 9.17) is 8.83 Å². The van der Waals surface area contributed by atoms with Gasteiger partial charge in [0.25, 0.3) is 5.56 Å². The van der Waals surface area contributed by atoms with Crippen molar-refractivity contribution in [1.82, 2.24) is 19.9 Å². The topological polar surface area (TPSA) is 88.2 Å². The van der Waals surface area contributed by atoms with Crippen molar-refractivity contribution in [1.29, 1.82) is 0 Å². The molecule has 0 unspecified atom stereocenters. The second-order valence-electron chi connectivity index (χ2n) is 6.35. The fraction of sp³-hybridized carbons (Fsp3) is 0.211. The highest BCUT2D eigenvalue weighted by molar-refractivity contribution is 5.72. The Morgan fingerprint density at radius 1 is 1.15 bits per heavy atom. The fourth-order valence-corrected chi connectivity index (χ4v) is 3.32. The van der Waals surface area contributed by atoms with E-state index in [1.807, 2.05) is 24.3 Å². The molecule has 1 aliphatic heterocycles. The van der Waals surface area contributed by atoms with Crippen LogP contribution in [0.1, 0.15) is 17.1 Å². The van der Waals surface area contributed by atoms with E-state index in [2.05, 4.69) is 19.9 Å². The van der Waals surface area contributed by atoms with Crippen LogP contribution in [-0.2, 0) is 19.5 Å². The summed E-state index contributed by atoms with van der Waals surface area (Å²) in [5, 5.41) is 0. The first-order valence-corrected chi connectivity index (χ1v) is 8.49. The first-order chi connectivity index (χ1) is 12.8. The number of aromatic amines is 1. The SMILES string of the molecule is O=c1[nH]c(-c2ccco2)nc2c1CN(Cc1nc3ccccc3o1)CC2. The Morgan fingerprint density at radius 2 is 2.08 bits per heavy atom. The molecule has 0 saturated heterocycles. The average molecular weight is 348 g/mol. The summed E-state index contributed by atoms with van der Waals surface area (Å²) < 4.78 is 11.1. The minimum atomic E-state index is -0.122. The number of nitrogens with zero attached hydrogens (tertiary/aromatic N) is 3. The molecule has 0 radical (unpaired) electrons. The van der Waals surface area contributed by atoms with Crippen molar-refractivity contribution in [2.75, 3.05) is 6.54 Å². The lowest BCUT2D eigenvalue weighted by atomic mass is 10.1. The van der Waals surface area contributed by atoms with Gasteiger partial charge < -0.3 is 13.8 Å². The van der Waals surface area contributed by atoms with Gasteiger partial charge in [0.05, 0.1) is 24.1 Å². The molecule has 1 aliphatic rings. The predicted molar refractivity (Wildman–Crippen MR) is 94.4 cm³/mol. The van der Waals surface area contributed by atoms with Crippen LogP contribution in [0.5, 0.6) is 0 Å². The summed E-state index contributed by atoms with van der Waals surface area (Å²) in [6, 6.07) is 11.3. The molecule has 0 bridgehead atoms. The van der Waals surface area contributed by atoms with Gasteiger partial charge in [-0.3, -0.25) is 9.69 Å². The molecule has 3 aromatic heterocycles. The van der Waals surface area contributed by atoms with E-state index in [0.29, 0.717) is 42.5 Å². The van der Waals surface area contributed by atoms with Crippen LogP contribution in [0.15, 0.2) is 56.3 Å². The molecule has 1 N–H and O–H groups in total. The molecule has 1 aromatic carbocycles. The third-order valence-corrected chi connectivity index (χ3v) is 4.60. The quantitative estimate of drug-likeness (QED) is 0.612. The largest absolute Gasteiger partial charge is 0.461 e. The molecule has 7 heteroatoms. The minimum absolute atomic E-state index is 0.122. The zero-order valence-electron chi connectivity index (χ0n) is 13.9. The van der Waals surface area contributed by atoms with E-state index in [-0.39, 0.29) is 5.56 Å². The smallest absolute Gasteiger partial charge is 0.256 e. The first kappa shape index (κ1) is 15.1. The van der Waals surface area contributed by atoms with Gasteiger partial charge in [-0.1, -0.05) is 12.1 Å². The number of hydrogen-bond donors (Lipinski definition) is 1. The Kier molecular flexibility index (Phi) is 3.46. The van der Waals surface area contributed by atoms with Crippen LogP contribution >= 0.6 is 0 Å². The molecule has 4 heterocycles. The number of furan rings is 1. The first-order valence-electron chi connectivity index (χ1n) is 8.49. The molecule has 0 amide bonds. The number of hydrogen-bond acceptors (Lipinski definition) is 6. The van der Waals surface area contributed by atoms with Gasteiger partial charge in [0, 0.05) is 19.5 Å². The lowest BCUT2D eigenvalue weighted by Gasteiger charge is -2.26. The Labute approximate surface area is 148 Å². The van der Waals surface area contributed by atoms with Gasteiger partial charge >= 0.3 is 0 Å². The van der Waals surface area contributed by atoms with Crippen LogP contribution in [-0.4, -0.2) is 26.4 Å². The number of oxazole rings is 1. The van der Waals surface area contributed by atoms with Gasteiger partial charge in [-0.05, 0) is 24.3 Å². The lowest BCUT2D eigenvalue weighted by Crippen LogP contribution is -2.35. The van der Waals surface area contributed by atoms with Crippen molar-refractivity contribution in [3.63, 3.8) is 0 Å². The van der Waals surface area contributed by atoms with Crippen molar-refractivity contribution in [3.8, 4) is 11.6 Å². The third kappa shape index (κ3) is 2.62. The second-order valence-corrected chi connectivity index (χ2v) is 6.35. The molecule has 0 saturated carbocycles. The standard InChI is InChI=1S/C19H16N4O3/c24-19-12-10-23(11-17-20-14-4-1-2-5-15(14)26-17)8-7-13(12)21-18(22-19)16-6-3-9-25-16/h1-6,9H,7-8,10-11H2,(H,21,22,24). The summed E-state index contributed by atoms with van der Waals surface area (Å²) >= 11 is 0. The van der Waals surface area contributed by atoms with Crippen LogP contribution in [0.25, 0.3) is 22.7 Å². The fourth-order valence-electron chi connectivity index (χ4n) is 3.32. The predicted octanol–water partition coefficient (Wildman–Crippen LogP) is 2.73. The molecule has 0 fully saturated rings. The summed E-state index contributed by atoms with van der Waals surface area (Å²) in [6.45, 7) is 1.88. The molecule has 130 valence electrons. The van der Waals surface area contributed by atoms with E-state index in [1.54, 1.807) is 18.4 Å². The van der Waals surface area contributed by atoms with Crippen LogP contribution in [0.3, 0.4) is 0 Å². The van der Waals surface area contributed by atoms with Crippen molar-refractivity contribution >= 4 is 11.1 Å². The summed E-state index contributed by atoms with van der Waals surface area (Å²) in [4.78, 5) is 26.6. The Morgan fingerprint density at radius 3 is 2.92 bits per heavy atom. The normalized spacial score (nSPS) is 14.6. The zero-order chi connectivity index (χ0) is 17.5. The maximum Gasteiger partial charge on any atom is 0.256 e. The number of benzene rings is 1. The Hall–Kier alpha value is -3.19. The van der Waals surface area contributed by atoms with Gasteiger partial charge in [0.2, 0.25) is 5.89 Å². The average Bonchev–Trinajstić information content (AvgIpc) is 3.31. The molecule has 4 aromatic rings. The molecule has 7 nitrogen and oxygen atoms in total. The molecule has 26 heavy (non-hydrogen) atoms. The number of H-pyrrole nitrogens is 1. The summed E-state index contributed by atoms with van der Waals surface area (Å²) in [5.41, 5.74) is 3.03. The van der Waals surface area contributed by atoms with Gasteiger partial charge in [0.1, 0.15) is 5.52 Å². The zero-order valence-corrected chi connectivity index (χ0v) is 13.9. The maximum absolute atomic E-state index is 12.5. The molecule has 0 spiro atoms. The summed E-state index contributed by atoms with van der Waals surface area (Å²) in [6.07, 6.45) is 2.27. The molecule has 5 rings (SSSR count). The van der Waals surface area contributed by atoms with Gasteiger partial charge in [-0.2, -0.15) is 0 Å². The number of nitrogens with one attached hydrogen (secondary N) is 1. The van der Waals surface area contributed by atoms with E-state index in [1.165, 1.54) is 0 Å². The monoisotopic (exact) mass is 348 g/mol. The molecular formula is C19H16N4O3. The van der Waals surface area contributed by atoms with Crippen molar-refractivity contribution in [2.24, 2.45) is 0 Å². The second kappa shape index (κ2) is 5.96. The van der Waals surface area contributed by atoms with Gasteiger partial charge in [-0.15, -0.1) is 0 Å². The van der Waals surface area contributed by atoms with Crippen molar-refractivity contribution in [3.05, 3.63) is 70.2 Å². The van der Waals surface area contributed by atoms with Gasteiger partial charge in [0.15, 0.2) is 17.2 Å². The Bertz CT molecular complexity index is 1090. The summed E-state index contributed by atoms with van der Waals surface area (Å²) in [7, 11) is 0. The van der Waals surface area contributed by atoms with E-state index in [0.717, 1.165) is 23.3 Å². The van der Waals surface area contributed by atoms with Crippen LogP contribution in [0, 0.1) is 0 Å². The van der Waals surface area contributed by atoms with Crippen molar-refractivity contribution < 1.29 is 8.83 Å². The Balaban J connectivity index is 1.40. The third-order valence-electron chi connectivity index (χ3n) is 4.60. The highest BCUT2D eigenvalue weighted by Gasteiger charge is 2.23. The number of fused-ring (bicyclic) bond motifs is 2. The number of para-hydroxylation sites is 2. The molecule has 0 aliphatic carbocycles. The van der Waals surface area contributed by atoms with Crippen LogP contribution in [0.4, 0.5) is 0 Å². The lowest BCUT2D eigenvalue weighted by molar-refractivity contribution is 0.220. The number of rotatable bonds is 3. The van der Waals surface area contributed by atoms with Gasteiger partial charge in [-0.25, -0.2) is 9.97 Å². The van der Waals surface area contributed by atoms with Crippen LogP contribution in [0.2, 0.25) is 0 Å².